The van der Waals surface area contributed by atoms with Crippen LogP contribution in [-0.4, -0.2) is 29.3 Å². The SMILES string of the molecule is COc1cc(C(F)(F)F)ccc1C(O)C(O)C(N)=O. The van der Waals surface area contributed by atoms with E-state index in [1.54, 1.807) is 0 Å². The van der Waals surface area contributed by atoms with Crippen molar-refractivity contribution >= 4 is 5.91 Å². The molecular formula is C11H12F3NO4. The molecule has 2 unspecified atom stereocenters. The van der Waals surface area contributed by atoms with Crippen LogP contribution in [0, 0.1) is 0 Å². The second-order valence-corrected chi connectivity index (χ2v) is 3.75. The van der Waals surface area contributed by atoms with Gasteiger partial charge in [0.25, 0.3) is 0 Å². The van der Waals surface area contributed by atoms with Crippen LogP contribution in [0.4, 0.5) is 13.2 Å². The van der Waals surface area contributed by atoms with E-state index in [9.17, 15) is 28.2 Å². The molecule has 0 spiro atoms. The first kappa shape index (κ1) is 15.3. The fraction of sp³-hybridized carbons (Fsp3) is 0.364. The third-order valence-corrected chi connectivity index (χ3v) is 2.47. The number of amides is 1. The summed E-state index contributed by atoms with van der Waals surface area (Å²) < 4.78 is 42.2. The molecule has 1 aromatic carbocycles. The summed E-state index contributed by atoms with van der Waals surface area (Å²) >= 11 is 0. The summed E-state index contributed by atoms with van der Waals surface area (Å²) in [7, 11) is 1.10. The van der Waals surface area contributed by atoms with Gasteiger partial charge in [-0.2, -0.15) is 13.2 Å². The number of halogens is 3. The van der Waals surface area contributed by atoms with Crippen molar-refractivity contribution in [2.75, 3.05) is 7.11 Å². The van der Waals surface area contributed by atoms with Gasteiger partial charge in [-0.15, -0.1) is 0 Å². The number of methoxy groups -OCH3 is 1. The van der Waals surface area contributed by atoms with Crippen molar-refractivity contribution in [3.8, 4) is 5.75 Å². The molecule has 1 rings (SSSR count). The van der Waals surface area contributed by atoms with Gasteiger partial charge in [-0.1, -0.05) is 6.07 Å². The van der Waals surface area contributed by atoms with Crippen molar-refractivity contribution in [3.63, 3.8) is 0 Å². The van der Waals surface area contributed by atoms with Crippen LogP contribution in [0.15, 0.2) is 18.2 Å². The molecule has 19 heavy (non-hydrogen) atoms. The highest BCUT2D eigenvalue weighted by Gasteiger charge is 2.33. The minimum Gasteiger partial charge on any atom is -0.496 e. The summed E-state index contributed by atoms with van der Waals surface area (Å²) in [6, 6.07) is 2.28. The minimum atomic E-state index is -4.57. The van der Waals surface area contributed by atoms with Crippen molar-refractivity contribution in [2.24, 2.45) is 5.73 Å². The molecule has 2 atom stereocenters. The quantitative estimate of drug-likeness (QED) is 0.752. The van der Waals surface area contributed by atoms with Crippen LogP contribution in [0.25, 0.3) is 0 Å². The maximum atomic E-state index is 12.5. The summed E-state index contributed by atoms with van der Waals surface area (Å²) in [5.74, 6) is -1.50. The van der Waals surface area contributed by atoms with E-state index >= 15 is 0 Å². The van der Waals surface area contributed by atoms with Crippen LogP contribution in [0.1, 0.15) is 17.2 Å². The number of primary amides is 1. The Balaban J connectivity index is 3.20. The average Bonchev–Trinajstić information content (AvgIpc) is 2.34. The Morgan fingerprint density at radius 2 is 1.95 bits per heavy atom. The van der Waals surface area contributed by atoms with Crippen LogP contribution in [0.3, 0.4) is 0 Å². The lowest BCUT2D eigenvalue weighted by molar-refractivity contribution is -0.138. The van der Waals surface area contributed by atoms with Crippen LogP contribution in [0.5, 0.6) is 5.75 Å². The number of rotatable bonds is 4. The Morgan fingerprint density at radius 3 is 2.37 bits per heavy atom. The van der Waals surface area contributed by atoms with Crippen molar-refractivity contribution < 1.29 is 32.9 Å². The van der Waals surface area contributed by atoms with Gasteiger partial charge < -0.3 is 20.7 Å². The lowest BCUT2D eigenvalue weighted by Gasteiger charge is -2.19. The molecule has 106 valence electrons. The monoisotopic (exact) mass is 279 g/mol. The normalized spacial score (nSPS) is 14.8. The molecule has 0 aliphatic carbocycles. The first-order chi connectivity index (χ1) is 8.68. The second kappa shape index (κ2) is 5.45. The number of benzene rings is 1. The summed E-state index contributed by atoms with van der Waals surface area (Å²) in [6.07, 6.45) is -8.28. The first-order valence-electron chi connectivity index (χ1n) is 5.09. The van der Waals surface area contributed by atoms with Gasteiger partial charge in [0.15, 0.2) is 6.10 Å². The summed E-state index contributed by atoms with van der Waals surface area (Å²) in [6.45, 7) is 0. The Labute approximate surface area is 106 Å². The van der Waals surface area contributed by atoms with Gasteiger partial charge in [0.2, 0.25) is 5.91 Å². The summed E-state index contributed by atoms with van der Waals surface area (Å²) in [5, 5.41) is 18.9. The maximum Gasteiger partial charge on any atom is 0.416 e. The highest BCUT2D eigenvalue weighted by atomic mass is 19.4. The maximum absolute atomic E-state index is 12.5. The molecule has 0 radical (unpaired) electrons. The molecule has 8 heteroatoms. The lowest BCUT2D eigenvalue weighted by Crippen LogP contribution is -2.34. The predicted molar refractivity (Wildman–Crippen MR) is 58.2 cm³/mol. The van der Waals surface area contributed by atoms with Gasteiger partial charge >= 0.3 is 6.18 Å². The lowest BCUT2D eigenvalue weighted by atomic mass is 10.0. The van der Waals surface area contributed by atoms with E-state index in [-0.39, 0.29) is 11.3 Å². The standard InChI is InChI=1S/C11H12F3NO4/c1-19-7-4-5(11(12,13)14)2-3-6(7)8(16)9(17)10(15)18/h2-4,8-9,16-17H,1H3,(H2,15,18). The fourth-order valence-corrected chi connectivity index (χ4v) is 1.46. The molecule has 4 N–H and O–H groups in total. The molecule has 0 fully saturated rings. The van der Waals surface area contributed by atoms with Crippen molar-refractivity contribution in [1.29, 1.82) is 0 Å². The predicted octanol–water partition coefficient (Wildman–Crippen LogP) is 0.594. The molecule has 5 nitrogen and oxygen atoms in total. The number of carbonyl (C=O) groups excluding carboxylic acids is 1. The Hall–Kier alpha value is -1.80. The molecule has 0 aliphatic heterocycles. The van der Waals surface area contributed by atoms with Gasteiger partial charge in [0, 0.05) is 5.56 Å². The zero-order chi connectivity index (χ0) is 14.8. The van der Waals surface area contributed by atoms with E-state index in [0.29, 0.717) is 12.1 Å². The van der Waals surface area contributed by atoms with Crippen LogP contribution in [0.2, 0.25) is 0 Å². The number of aliphatic hydroxyl groups is 2. The second-order valence-electron chi connectivity index (χ2n) is 3.75. The molecule has 0 aliphatic rings. The van der Waals surface area contributed by atoms with E-state index in [1.807, 2.05) is 0 Å². The van der Waals surface area contributed by atoms with Gasteiger partial charge in [-0.3, -0.25) is 4.79 Å². The Bertz CT molecular complexity index is 475. The van der Waals surface area contributed by atoms with Crippen LogP contribution in [-0.2, 0) is 11.0 Å². The number of alkyl halides is 3. The van der Waals surface area contributed by atoms with E-state index in [0.717, 1.165) is 13.2 Å². The van der Waals surface area contributed by atoms with Crippen molar-refractivity contribution in [3.05, 3.63) is 29.3 Å². The molecule has 0 saturated heterocycles. The van der Waals surface area contributed by atoms with Gasteiger partial charge in [-0.25, -0.2) is 0 Å². The summed E-state index contributed by atoms with van der Waals surface area (Å²) in [4.78, 5) is 10.7. The zero-order valence-corrected chi connectivity index (χ0v) is 9.81. The zero-order valence-electron chi connectivity index (χ0n) is 9.81. The van der Waals surface area contributed by atoms with Gasteiger partial charge in [-0.05, 0) is 12.1 Å². The minimum absolute atomic E-state index is 0.165. The Kier molecular flexibility index (Phi) is 4.38. The van der Waals surface area contributed by atoms with E-state index in [4.69, 9.17) is 10.5 Å². The van der Waals surface area contributed by atoms with E-state index < -0.39 is 29.9 Å². The largest absolute Gasteiger partial charge is 0.496 e. The van der Waals surface area contributed by atoms with Gasteiger partial charge in [0.05, 0.1) is 12.7 Å². The third-order valence-electron chi connectivity index (χ3n) is 2.47. The number of hydrogen-bond donors (Lipinski definition) is 3. The van der Waals surface area contributed by atoms with Crippen molar-refractivity contribution in [2.45, 2.75) is 18.4 Å². The molecule has 1 amide bonds. The topological polar surface area (TPSA) is 92.8 Å². The molecule has 0 bridgehead atoms. The smallest absolute Gasteiger partial charge is 0.416 e. The first-order valence-corrected chi connectivity index (χ1v) is 5.09. The third kappa shape index (κ3) is 3.36. The van der Waals surface area contributed by atoms with Gasteiger partial charge in [0.1, 0.15) is 11.9 Å². The van der Waals surface area contributed by atoms with Crippen LogP contribution < -0.4 is 10.5 Å². The van der Waals surface area contributed by atoms with Crippen LogP contribution >= 0.6 is 0 Å². The molecule has 0 heterocycles. The molecule has 1 aromatic rings. The molecular weight excluding hydrogens is 267 g/mol. The number of ether oxygens (including phenoxy) is 1. The average molecular weight is 279 g/mol. The number of hydrogen-bond acceptors (Lipinski definition) is 4. The number of nitrogens with two attached hydrogens (primary N) is 1. The summed E-state index contributed by atoms with van der Waals surface area (Å²) in [5.41, 5.74) is 3.65. The molecule has 0 saturated carbocycles. The van der Waals surface area contributed by atoms with Crippen molar-refractivity contribution in [1.82, 2.24) is 0 Å². The highest BCUT2D eigenvalue weighted by molar-refractivity contribution is 5.79. The highest BCUT2D eigenvalue weighted by Crippen LogP contribution is 2.35. The fourth-order valence-electron chi connectivity index (χ4n) is 1.46. The Morgan fingerprint density at radius 1 is 1.37 bits per heavy atom. The number of aliphatic hydroxyl groups excluding tert-OH is 2. The van der Waals surface area contributed by atoms with E-state index in [1.165, 1.54) is 0 Å². The number of carbonyl (C=O) groups is 1. The van der Waals surface area contributed by atoms with E-state index in [2.05, 4.69) is 0 Å². The molecule has 0 aromatic heterocycles.